The number of anilines is 1. The van der Waals surface area contributed by atoms with E-state index < -0.39 is 22.7 Å². The van der Waals surface area contributed by atoms with E-state index >= 15 is 0 Å². The van der Waals surface area contributed by atoms with Crippen LogP contribution in [0.25, 0.3) is 0 Å². The van der Waals surface area contributed by atoms with Crippen LogP contribution in [0.15, 0.2) is 53.5 Å². The normalized spacial score (nSPS) is 17.4. The summed E-state index contributed by atoms with van der Waals surface area (Å²) >= 11 is 5.87. The number of nitrogens with one attached hydrogen (secondary N) is 1. The van der Waals surface area contributed by atoms with Crippen LogP contribution in [-0.2, 0) is 14.3 Å². The molecule has 180 valence electrons. The first-order valence-corrected chi connectivity index (χ1v) is 11.3. The van der Waals surface area contributed by atoms with Crippen molar-refractivity contribution >= 4 is 57.7 Å². The molecule has 34 heavy (non-hydrogen) atoms. The molecule has 1 aliphatic rings. The molecule has 1 saturated heterocycles. The summed E-state index contributed by atoms with van der Waals surface area (Å²) in [6.45, 7) is 2.12. The van der Waals surface area contributed by atoms with E-state index in [4.69, 9.17) is 11.6 Å². The minimum absolute atomic E-state index is 0.0266. The second-order valence-corrected chi connectivity index (χ2v) is 8.55. The van der Waals surface area contributed by atoms with Crippen molar-refractivity contribution in [1.29, 1.82) is 0 Å². The van der Waals surface area contributed by atoms with Crippen molar-refractivity contribution in [3.8, 4) is 5.75 Å². The Balaban J connectivity index is 1.74. The highest BCUT2D eigenvalue weighted by Crippen LogP contribution is 2.31. The molecule has 0 aromatic heterocycles. The molecule has 1 heterocycles. The van der Waals surface area contributed by atoms with Crippen molar-refractivity contribution < 1.29 is 32.6 Å². The van der Waals surface area contributed by atoms with Crippen LogP contribution in [-0.4, -0.2) is 52.3 Å². The number of amides is 2. The number of alkyl halides is 3. The number of carbonyl (C=O) groups is 3. The maximum absolute atomic E-state index is 12.8. The molecule has 1 N–H and O–H groups in total. The second-order valence-electron chi connectivity index (χ2n) is 6.94. The van der Waals surface area contributed by atoms with Gasteiger partial charge in [-0.25, -0.2) is 9.79 Å². The zero-order chi connectivity index (χ0) is 24.9. The van der Waals surface area contributed by atoms with Crippen LogP contribution in [0, 0.1) is 0 Å². The molecule has 0 aliphatic carbocycles. The number of hydrogen-bond donors (Lipinski definition) is 1. The molecule has 2 aromatic rings. The van der Waals surface area contributed by atoms with E-state index in [9.17, 15) is 23.2 Å². The molecule has 1 atom stereocenters. The maximum Gasteiger partial charge on any atom is 0.487 e. The third-order valence-electron chi connectivity index (χ3n) is 4.62. The molecule has 2 amide bonds. The summed E-state index contributed by atoms with van der Waals surface area (Å²) in [5.74, 6) is -1.33. The van der Waals surface area contributed by atoms with Crippen molar-refractivity contribution in [1.82, 2.24) is 4.90 Å². The predicted octanol–water partition coefficient (Wildman–Crippen LogP) is 4.62. The summed E-state index contributed by atoms with van der Waals surface area (Å²) in [6.07, 6.45) is -0.0266. The summed E-state index contributed by atoms with van der Waals surface area (Å²) in [4.78, 5) is 42.8. The van der Waals surface area contributed by atoms with Crippen LogP contribution in [0.5, 0.6) is 5.75 Å². The molecule has 2 aromatic carbocycles. The van der Waals surface area contributed by atoms with E-state index in [1.807, 2.05) is 0 Å². The Morgan fingerprint density at radius 1 is 1.21 bits per heavy atom. The fourth-order valence-corrected chi connectivity index (χ4v) is 4.27. The van der Waals surface area contributed by atoms with Gasteiger partial charge in [-0.3, -0.25) is 14.5 Å². The predicted molar refractivity (Wildman–Crippen MR) is 125 cm³/mol. The summed E-state index contributed by atoms with van der Waals surface area (Å²) in [7, 11) is 1.27. The van der Waals surface area contributed by atoms with Gasteiger partial charge in [0.1, 0.15) is 11.0 Å². The first kappa shape index (κ1) is 25.4. The minimum atomic E-state index is -3.84. The van der Waals surface area contributed by atoms with E-state index in [2.05, 4.69) is 19.8 Å². The zero-order valence-electron chi connectivity index (χ0n) is 18.1. The van der Waals surface area contributed by atoms with Crippen molar-refractivity contribution in [3.63, 3.8) is 0 Å². The average Bonchev–Trinajstić information content (AvgIpc) is 2.79. The van der Waals surface area contributed by atoms with Crippen molar-refractivity contribution in [2.24, 2.45) is 4.99 Å². The van der Waals surface area contributed by atoms with Gasteiger partial charge in [-0.15, -0.1) is 8.78 Å². The molecule has 3 rings (SSSR count). The van der Waals surface area contributed by atoms with Gasteiger partial charge in [0.2, 0.25) is 11.8 Å². The highest BCUT2D eigenvalue weighted by Gasteiger charge is 2.35. The number of ether oxygens (including phenoxy) is 2. The second kappa shape index (κ2) is 10.8. The Morgan fingerprint density at radius 2 is 1.85 bits per heavy atom. The molecule has 0 unspecified atom stereocenters. The number of esters is 1. The molecule has 1 fully saturated rings. The Morgan fingerprint density at radius 3 is 2.41 bits per heavy atom. The Kier molecular flexibility index (Phi) is 8.11. The number of methoxy groups -OCH3 is 1. The van der Waals surface area contributed by atoms with E-state index in [1.165, 1.54) is 48.4 Å². The Bertz CT molecular complexity index is 1090. The summed E-state index contributed by atoms with van der Waals surface area (Å²) in [5, 5.41) is 2.28. The maximum atomic E-state index is 12.8. The van der Waals surface area contributed by atoms with Crippen LogP contribution < -0.4 is 10.1 Å². The number of carbonyl (C=O) groups excluding carboxylic acids is 3. The first-order valence-electron chi connectivity index (χ1n) is 10.0. The quantitative estimate of drug-likeness (QED) is 0.430. The number of halogens is 3. The van der Waals surface area contributed by atoms with Gasteiger partial charge in [0.05, 0.1) is 18.4 Å². The van der Waals surface area contributed by atoms with Crippen molar-refractivity contribution in [3.05, 3.63) is 54.1 Å². The molecular weight excluding hydrogens is 492 g/mol. The van der Waals surface area contributed by atoms with Crippen LogP contribution in [0.2, 0.25) is 0 Å². The fourth-order valence-electron chi connectivity index (χ4n) is 3.02. The molecule has 0 bridgehead atoms. The standard InChI is InChI=1S/C22H20ClF2N3O5S/c1-3-28-18(29)12-17(19(30)26-14-6-4-13(5-7-14)20(31)32-2)34-21(28)27-15-8-10-16(11-9-15)33-22(23,24)25/h4-11,17H,3,12H2,1-2H3,(H,26,30)/t17-/m0/s1. The van der Waals surface area contributed by atoms with Crippen LogP contribution >= 0.6 is 23.4 Å². The Hall–Kier alpha value is -3.18. The van der Waals surface area contributed by atoms with Gasteiger partial charge in [0.15, 0.2) is 5.17 Å². The Labute approximate surface area is 203 Å². The summed E-state index contributed by atoms with van der Waals surface area (Å²) in [5.41, 5.74) is -2.67. The summed E-state index contributed by atoms with van der Waals surface area (Å²) < 4.78 is 34.5. The SMILES string of the molecule is CCN1C(=O)C[C@@H](C(=O)Nc2ccc(C(=O)OC)cc2)SC1=Nc1ccc(OC(F)(F)Cl)cc1. The van der Waals surface area contributed by atoms with Crippen LogP contribution in [0.3, 0.4) is 0 Å². The van der Waals surface area contributed by atoms with E-state index in [0.717, 1.165) is 11.8 Å². The lowest BCUT2D eigenvalue weighted by Crippen LogP contribution is -2.45. The minimum Gasteiger partial charge on any atom is -0.465 e. The van der Waals surface area contributed by atoms with E-state index in [0.29, 0.717) is 28.7 Å². The number of aliphatic imine (C=N–C) groups is 1. The van der Waals surface area contributed by atoms with Crippen molar-refractivity contribution in [2.45, 2.75) is 24.2 Å². The van der Waals surface area contributed by atoms with Crippen LogP contribution in [0.4, 0.5) is 20.2 Å². The molecule has 1 aliphatic heterocycles. The molecule has 0 spiro atoms. The number of amidine groups is 1. The number of benzene rings is 2. The number of thioether (sulfide) groups is 1. The molecule has 12 heteroatoms. The first-order chi connectivity index (χ1) is 16.1. The monoisotopic (exact) mass is 511 g/mol. The lowest BCUT2D eigenvalue weighted by Gasteiger charge is -2.30. The van der Waals surface area contributed by atoms with Gasteiger partial charge in [-0.2, -0.15) is 0 Å². The van der Waals surface area contributed by atoms with Crippen LogP contribution in [0.1, 0.15) is 23.7 Å². The smallest absolute Gasteiger partial charge is 0.465 e. The summed E-state index contributed by atoms with van der Waals surface area (Å²) in [6, 6.07) is 11.5. The lowest BCUT2D eigenvalue weighted by atomic mass is 10.2. The van der Waals surface area contributed by atoms with Gasteiger partial charge < -0.3 is 14.8 Å². The fraction of sp³-hybridized carbons (Fsp3) is 0.273. The number of rotatable bonds is 7. The largest absolute Gasteiger partial charge is 0.487 e. The molecule has 0 radical (unpaired) electrons. The van der Waals surface area contributed by atoms with E-state index in [-0.39, 0.29) is 18.1 Å². The molecule has 0 saturated carbocycles. The van der Waals surface area contributed by atoms with E-state index in [1.54, 1.807) is 19.1 Å². The average molecular weight is 512 g/mol. The van der Waals surface area contributed by atoms with Gasteiger partial charge in [-0.05, 0) is 55.5 Å². The number of hydrogen-bond acceptors (Lipinski definition) is 7. The van der Waals surface area contributed by atoms with Gasteiger partial charge in [-0.1, -0.05) is 11.8 Å². The highest BCUT2D eigenvalue weighted by atomic mass is 35.5. The zero-order valence-corrected chi connectivity index (χ0v) is 19.7. The van der Waals surface area contributed by atoms with Gasteiger partial charge >= 0.3 is 11.5 Å². The van der Waals surface area contributed by atoms with Gasteiger partial charge in [0.25, 0.3) is 0 Å². The highest BCUT2D eigenvalue weighted by molar-refractivity contribution is 8.15. The number of nitrogens with zero attached hydrogens (tertiary/aromatic N) is 2. The third-order valence-corrected chi connectivity index (χ3v) is 5.88. The topological polar surface area (TPSA) is 97.3 Å². The third kappa shape index (κ3) is 6.67. The van der Waals surface area contributed by atoms with Crippen molar-refractivity contribution in [2.75, 3.05) is 19.0 Å². The molecular formula is C22H20ClF2N3O5S. The lowest BCUT2D eigenvalue weighted by molar-refractivity contribution is -0.129. The van der Waals surface area contributed by atoms with Gasteiger partial charge in [0, 0.05) is 30.3 Å². The molecule has 8 nitrogen and oxygen atoms in total.